The molecule has 1 saturated carbocycles. The van der Waals surface area contributed by atoms with Gasteiger partial charge in [-0.2, -0.15) is 0 Å². The Morgan fingerprint density at radius 2 is 1.26 bits per heavy atom. The van der Waals surface area contributed by atoms with Crippen molar-refractivity contribution in [1.82, 2.24) is 0 Å². The summed E-state index contributed by atoms with van der Waals surface area (Å²) in [5.74, 6) is 0. The van der Waals surface area contributed by atoms with Crippen LogP contribution in [0.15, 0.2) is 72.8 Å². The van der Waals surface area contributed by atoms with Gasteiger partial charge in [0.25, 0.3) is 0 Å². The molecule has 0 bridgehead atoms. The van der Waals surface area contributed by atoms with E-state index in [-0.39, 0.29) is 0 Å². The van der Waals surface area contributed by atoms with E-state index < -0.39 is 7.14 Å². The van der Waals surface area contributed by atoms with E-state index in [1.807, 2.05) is 74.2 Å². The lowest BCUT2D eigenvalue weighted by molar-refractivity contribution is 0.589. The molecule has 1 aliphatic carbocycles. The molecule has 0 heterocycles. The Bertz CT molecular complexity index is 863. The molecule has 1 atom stereocenters. The highest BCUT2D eigenvalue weighted by atomic mass is 31.2. The third kappa shape index (κ3) is 2.54. The molecule has 1 nitrogen and oxygen atoms in total. The minimum absolute atomic E-state index is 0.876. The molecule has 2 heteroatoms. The largest absolute Gasteiger partial charge is 0.313 e. The summed E-state index contributed by atoms with van der Waals surface area (Å²) in [5.41, 5.74) is 0.888. The molecule has 0 amide bonds. The monoisotopic (exact) mass is 315 g/mol. The summed E-state index contributed by atoms with van der Waals surface area (Å²) in [7, 11) is -2.83. The number of rotatable bonds is 3. The minimum Gasteiger partial charge on any atom is -0.313 e. The average Bonchev–Trinajstić information content (AvgIpc) is 3.16. The van der Waals surface area contributed by atoms with Gasteiger partial charge < -0.3 is 4.57 Å². The summed E-state index contributed by atoms with van der Waals surface area (Å²) in [5, 5.41) is 4.04. The molecular formula is C21H16OP. The Kier molecular flexibility index (Phi) is 3.83. The van der Waals surface area contributed by atoms with Crippen LogP contribution in [0.5, 0.6) is 0 Å². The van der Waals surface area contributed by atoms with Gasteiger partial charge in [0.1, 0.15) is 0 Å². The SMILES string of the molecule is O=[P@@]([C]1[CH][CH][CH][CH]1)(c1ccccc1)c1ccc2ccccc2c1. The van der Waals surface area contributed by atoms with Crippen LogP contribution in [0.2, 0.25) is 0 Å². The van der Waals surface area contributed by atoms with Crippen molar-refractivity contribution in [3.63, 3.8) is 0 Å². The normalized spacial score (nSPS) is 18.1. The fraction of sp³-hybridized carbons (Fsp3) is 0. The highest BCUT2D eigenvalue weighted by Gasteiger charge is 2.39. The molecule has 1 aliphatic rings. The zero-order valence-electron chi connectivity index (χ0n) is 12.6. The molecule has 0 unspecified atom stereocenters. The topological polar surface area (TPSA) is 17.1 Å². The fourth-order valence-electron chi connectivity index (χ4n) is 3.03. The molecule has 23 heavy (non-hydrogen) atoms. The van der Waals surface area contributed by atoms with E-state index in [9.17, 15) is 4.57 Å². The second-order valence-corrected chi connectivity index (χ2v) is 8.39. The molecule has 0 spiro atoms. The van der Waals surface area contributed by atoms with Crippen LogP contribution >= 0.6 is 7.14 Å². The number of hydrogen-bond acceptors (Lipinski definition) is 1. The van der Waals surface area contributed by atoms with Gasteiger partial charge in [0.2, 0.25) is 0 Å². The van der Waals surface area contributed by atoms with Crippen molar-refractivity contribution >= 4 is 28.5 Å². The standard InChI is InChI=1S/C21H16OP/c22-23(20-12-6-7-13-20,19-10-2-1-3-11-19)21-15-14-17-8-4-5-9-18(17)16-21/h1-16H/t23-/m1/s1. The quantitative estimate of drug-likeness (QED) is 0.650. The van der Waals surface area contributed by atoms with Gasteiger partial charge in [-0.3, -0.25) is 0 Å². The highest BCUT2D eigenvalue weighted by molar-refractivity contribution is 7.81. The Hall–Kier alpha value is -1.85. The molecular weight excluding hydrogens is 299 g/mol. The Morgan fingerprint density at radius 3 is 2.00 bits per heavy atom. The van der Waals surface area contributed by atoms with E-state index in [0.29, 0.717) is 0 Å². The molecule has 111 valence electrons. The van der Waals surface area contributed by atoms with Gasteiger partial charge in [0.15, 0.2) is 7.14 Å². The Labute approximate surface area is 137 Å². The summed E-state index contributed by atoms with van der Waals surface area (Å²) in [6, 6.07) is 24.1. The van der Waals surface area contributed by atoms with Crippen molar-refractivity contribution in [2.45, 2.75) is 0 Å². The molecule has 0 saturated heterocycles. The lowest BCUT2D eigenvalue weighted by Gasteiger charge is -2.25. The third-order valence-corrected chi connectivity index (χ3v) is 7.28. The first-order valence-electron chi connectivity index (χ1n) is 7.66. The smallest absolute Gasteiger partial charge is 0.150 e. The van der Waals surface area contributed by atoms with E-state index >= 15 is 0 Å². The Balaban J connectivity index is 1.91. The third-order valence-electron chi connectivity index (χ3n) is 4.23. The summed E-state index contributed by atoms with van der Waals surface area (Å²) < 4.78 is 14.1. The molecule has 5 radical (unpaired) electrons. The van der Waals surface area contributed by atoms with E-state index in [4.69, 9.17) is 0 Å². The molecule has 4 rings (SSSR count). The maximum absolute atomic E-state index is 14.1. The van der Waals surface area contributed by atoms with Gasteiger partial charge in [-0.25, -0.2) is 0 Å². The van der Waals surface area contributed by atoms with Crippen LogP contribution in [0, 0.1) is 31.3 Å². The van der Waals surface area contributed by atoms with E-state index in [2.05, 4.69) is 24.3 Å². The van der Waals surface area contributed by atoms with Crippen molar-refractivity contribution in [3.05, 3.63) is 104 Å². The average molecular weight is 315 g/mol. The minimum atomic E-state index is -2.83. The van der Waals surface area contributed by atoms with Crippen LogP contribution in [0.25, 0.3) is 10.8 Å². The predicted octanol–water partition coefficient (Wildman–Crippen LogP) is 4.52. The first-order chi connectivity index (χ1) is 11.3. The van der Waals surface area contributed by atoms with Crippen molar-refractivity contribution in [2.75, 3.05) is 0 Å². The van der Waals surface area contributed by atoms with Crippen molar-refractivity contribution in [2.24, 2.45) is 0 Å². The van der Waals surface area contributed by atoms with Crippen molar-refractivity contribution in [3.8, 4) is 0 Å². The Morgan fingerprint density at radius 1 is 0.609 bits per heavy atom. The molecule has 3 aromatic rings. The second kappa shape index (κ2) is 5.98. The molecule has 0 aromatic heterocycles. The molecule has 0 N–H and O–H groups in total. The highest BCUT2D eigenvalue weighted by Crippen LogP contribution is 2.58. The van der Waals surface area contributed by atoms with E-state index in [1.54, 1.807) is 0 Å². The summed E-state index contributed by atoms with van der Waals surface area (Å²) in [6.45, 7) is 0. The van der Waals surface area contributed by atoms with Gasteiger partial charge in [0, 0.05) is 10.6 Å². The maximum Gasteiger partial charge on any atom is 0.150 e. The fourth-order valence-corrected chi connectivity index (χ4v) is 5.72. The number of hydrogen-bond donors (Lipinski definition) is 0. The molecule has 3 aromatic carbocycles. The van der Waals surface area contributed by atoms with Crippen LogP contribution in [0.4, 0.5) is 0 Å². The van der Waals surface area contributed by atoms with Gasteiger partial charge in [-0.15, -0.1) is 0 Å². The van der Waals surface area contributed by atoms with Crippen LogP contribution in [-0.4, -0.2) is 0 Å². The van der Waals surface area contributed by atoms with Crippen LogP contribution in [0.3, 0.4) is 0 Å². The van der Waals surface area contributed by atoms with Gasteiger partial charge >= 0.3 is 0 Å². The zero-order valence-corrected chi connectivity index (χ0v) is 13.5. The van der Waals surface area contributed by atoms with Crippen molar-refractivity contribution in [1.29, 1.82) is 0 Å². The van der Waals surface area contributed by atoms with Gasteiger partial charge in [0.05, 0.1) is 5.66 Å². The predicted molar refractivity (Wildman–Crippen MR) is 97.7 cm³/mol. The lowest BCUT2D eigenvalue weighted by Crippen LogP contribution is -2.20. The van der Waals surface area contributed by atoms with Gasteiger partial charge in [-0.05, 0) is 42.5 Å². The second-order valence-electron chi connectivity index (χ2n) is 5.62. The van der Waals surface area contributed by atoms with Crippen LogP contribution < -0.4 is 10.6 Å². The van der Waals surface area contributed by atoms with E-state index in [0.717, 1.165) is 21.7 Å². The first-order valence-corrected chi connectivity index (χ1v) is 9.36. The number of benzene rings is 3. The summed E-state index contributed by atoms with van der Waals surface area (Å²) >= 11 is 0. The van der Waals surface area contributed by atoms with Crippen LogP contribution in [-0.2, 0) is 4.57 Å². The van der Waals surface area contributed by atoms with Crippen LogP contribution in [0.1, 0.15) is 0 Å². The summed E-state index contributed by atoms with van der Waals surface area (Å²) in [6.07, 6.45) is 7.82. The number of fused-ring (bicyclic) bond motifs is 1. The van der Waals surface area contributed by atoms with E-state index in [1.165, 1.54) is 5.39 Å². The zero-order chi connectivity index (χ0) is 15.7. The lowest BCUT2D eigenvalue weighted by atomic mass is 10.1. The maximum atomic E-state index is 14.1. The van der Waals surface area contributed by atoms with Crippen molar-refractivity contribution < 1.29 is 4.57 Å². The molecule has 1 fully saturated rings. The molecule has 0 aliphatic heterocycles. The summed E-state index contributed by atoms with van der Waals surface area (Å²) in [4.78, 5) is 0. The first kappa shape index (κ1) is 14.7. The van der Waals surface area contributed by atoms with Gasteiger partial charge in [-0.1, -0.05) is 66.7 Å².